The van der Waals surface area contributed by atoms with Crippen LogP contribution in [0.25, 0.3) is 21.9 Å². The number of fused-ring (bicyclic) bond motifs is 2. The van der Waals surface area contributed by atoms with Gasteiger partial charge in [-0.1, -0.05) is 42.5 Å². The second kappa shape index (κ2) is 4.59. The van der Waals surface area contributed by atoms with Gasteiger partial charge in [0.15, 0.2) is 5.65 Å². The molecule has 4 rings (SSSR count). The Morgan fingerprint density at radius 3 is 2.71 bits per heavy atom. The highest BCUT2D eigenvalue weighted by Crippen LogP contribution is 2.21. The predicted octanol–water partition coefficient (Wildman–Crippen LogP) is 3.28. The van der Waals surface area contributed by atoms with Crippen molar-refractivity contribution in [1.29, 1.82) is 0 Å². The fraction of sp³-hybridized carbons (Fsp3) is 0.0588. The maximum absolute atomic E-state index is 5.70. The first kappa shape index (κ1) is 11.9. The van der Waals surface area contributed by atoms with Gasteiger partial charge in [-0.05, 0) is 28.5 Å². The molecule has 4 heteroatoms. The molecule has 0 aliphatic heterocycles. The number of nitrogen functional groups attached to an aromatic ring is 1. The highest BCUT2D eigenvalue weighted by atomic mass is 15.0. The molecule has 0 radical (unpaired) electrons. The quantitative estimate of drug-likeness (QED) is 0.589. The standard InChI is InChI=1S/C17H14N4/c18-15-9-8-14-17(20-15)21-16(19-14)10-12-6-3-5-11-4-1-2-7-13(11)12/h1-9H,10H2,(H3,18,19,20,21). The Balaban J connectivity index is 1.79. The lowest BCUT2D eigenvalue weighted by Crippen LogP contribution is -1.92. The van der Waals surface area contributed by atoms with E-state index in [1.165, 1.54) is 16.3 Å². The van der Waals surface area contributed by atoms with Gasteiger partial charge in [0.25, 0.3) is 0 Å². The molecular weight excluding hydrogens is 260 g/mol. The molecule has 0 fully saturated rings. The molecule has 21 heavy (non-hydrogen) atoms. The van der Waals surface area contributed by atoms with E-state index >= 15 is 0 Å². The van der Waals surface area contributed by atoms with Crippen molar-refractivity contribution in [3.63, 3.8) is 0 Å². The van der Waals surface area contributed by atoms with E-state index in [9.17, 15) is 0 Å². The lowest BCUT2D eigenvalue weighted by Gasteiger charge is -2.04. The summed E-state index contributed by atoms with van der Waals surface area (Å²) in [4.78, 5) is 12.1. The molecule has 2 aromatic heterocycles. The molecule has 0 bridgehead atoms. The van der Waals surface area contributed by atoms with Gasteiger partial charge in [-0.15, -0.1) is 0 Å². The number of H-pyrrole nitrogens is 1. The normalized spacial score (nSPS) is 11.2. The first-order valence-electron chi connectivity index (χ1n) is 6.87. The van der Waals surface area contributed by atoms with Crippen molar-refractivity contribution in [3.05, 3.63) is 66.0 Å². The number of hydrogen-bond donors (Lipinski definition) is 2. The minimum atomic E-state index is 0.491. The summed E-state index contributed by atoms with van der Waals surface area (Å²) in [6, 6.07) is 18.4. The lowest BCUT2D eigenvalue weighted by molar-refractivity contribution is 1.04. The van der Waals surface area contributed by atoms with Crippen LogP contribution >= 0.6 is 0 Å². The summed E-state index contributed by atoms with van der Waals surface area (Å²) in [5.74, 6) is 1.39. The van der Waals surface area contributed by atoms with Crippen LogP contribution in [0.2, 0.25) is 0 Å². The monoisotopic (exact) mass is 274 g/mol. The number of hydrogen-bond acceptors (Lipinski definition) is 3. The van der Waals surface area contributed by atoms with Crippen molar-refractivity contribution in [2.24, 2.45) is 0 Å². The highest BCUT2D eigenvalue weighted by Gasteiger charge is 2.07. The van der Waals surface area contributed by atoms with Crippen molar-refractivity contribution in [2.75, 3.05) is 5.73 Å². The summed E-state index contributed by atoms with van der Waals surface area (Å²) in [6.45, 7) is 0. The second-order valence-corrected chi connectivity index (χ2v) is 5.11. The second-order valence-electron chi connectivity index (χ2n) is 5.11. The molecule has 4 nitrogen and oxygen atoms in total. The van der Waals surface area contributed by atoms with E-state index in [4.69, 9.17) is 5.73 Å². The first-order valence-corrected chi connectivity index (χ1v) is 6.87. The molecule has 2 aromatic carbocycles. The molecule has 0 spiro atoms. The lowest BCUT2D eigenvalue weighted by atomic mass is 10.0. The highest BCUT2D eigenvalue weighted by molar-refractivity contribution is 5.86. The number of nitrogens with zero attached hydrogens (tertiary/aromatic N) is 2. The van der Waals surface area contributed by atoms with E-state index in [0.29, 0.717) is 11.5 Å². The van der Waals surface area contributed by atoms with Gasteiger partial charge >= 0.3 is 0 Å². The molecule has 2 heterocycles. The largest absolute Gasteiger partial charge is 0.384 e. The van der Waals surface area contributed by atoms with E-state index in [2.05, 4.69) is 57.4 Å². The molecule has 102 valence electrons. The van der Waals surface area contributed by atoms with Crippen LogP contribution in [0.15, 0.2) is 54.6 Å². The van der Waals surface area contributed by atoms with Crippen molar-refractivity contribution in [2.45, 2.75) is 6.42 Å². The van der Waals surface area contributed by atoms with Crippen LogP contribution in [0.4, 0.5) is 5.82 Å². The van der Waals surface area contributed by atoms with Gasteiger partial charge in [-0.25, -0.2) is 9.97 Å². The van der Waals surface area contributed by atoms with Crippen LogP contribution in [0, 0.1) is 0 Å². The topological polar surface area (TPSA) is 67.6 Å². The Kier molecular flexibility index (Phi) is 2.60. The number of rotatable bonds is 2. The van der Waals surface area contributed by atoms with Gasteiger partial charge in [-0.3, -0.25) is 0 Å². The van der Waals surface area contributed by atoms with Crippen LogP contribution in [0.3, 0.4) is 0 Å². The van der Waals surface area contributed by atoms with Gasteiger partial charge in [0.1, 0.15) is 11.6 Å². The number of benzene rings is 2. The van der Waals surface area contributed by atoms with Gasteiger partial charge in [0, 0.05) is 6.42 Å². The minimum Gasteiger partial charge on any atom is -0.384 e. The zero-order valence-corrected chi connectivity index (χ0v) is 11.4. The molecule has 0 aliphatic rings. The molecule has 3 N–H and O–H groups in total. The fourth-order valence-corrected chi connectivity index (χ4v) is 2.67. The number of aromatic amines is 1. The van der Waals surface area contributed by atoms with Crippen LogP contribution in [0.1, 0.15) is 11.4 Å². The average molecular weight is 274 g/mol. The van der Waals surface area contributed by atoms with E-state index in [1.54, 1.807) is 6.07 Å². The van der Waals surface area contributed by atoms with Crippen LogP contribution in [-0.4, -0.2) is 15.0 Å². The summed E-state index contributed by atoms with van der Waals surface area (Å²) >= 11 is 0. The molecule has 4 aromatic rings. The SMILES string of the molecule is Nc1ccc2[nH]c(Cc3cccc4ccccc34)nc2n1. The number of nitrogens with one attached hydrogen (secondary N) is 1. The third-order valence-corrected chi connectivity index (χ3v) is 3.65. The maximum atomic E-state index is 5.70. The Morgan fingerprint density at radius 2 is 1.76 bits per heavy atom. The van der Waals surface area contributed by atoms with Gasteiger partial charge in [0.05, 0.1) is 5.52 Å². The molecular formula is C17H14N4. The Morgan fingerprint density at radius 1 is 0.905 bits per heavy atom. The number of nitrogens with two attached hydrogens (primary N) is 1. The van der Waals surface area contributed by atoms with E-state index in [0.717, 1.165) is 17.8 Å². The maximum Gasteiger partial charge on any atom is 0.179 e. The molecule has 0 atom stereocenters. The van der Waals surface area contributed by atoms with Crippen molar-refractivity contribution >= 4 is 27.8 Å². The van der Waals surface area contributed by atoms with Gasteiger partial charge < -0.3 is 10.7 Å². The molecule has 0 saturated heterocycles. The number of imidazole rings is 1. The van der Waals surface area contributed by atoms with Crippen LogP contribution < -0.4 is 5.73 Å². The summed E-state index contributed by atoms with van der Waals surface area (Å²) in [5.41, 5.74) is 8.53. The minimum absolute atomic E-state index is 0.491. The third-order valence-electron chi connectivity index (χ3n) is 3.65. The van der Waals surface area contributed by atoms with Crippen molar-refractivity contribution in [3.8, 4) is 0 Å². The summed E-state index contributed by atoms with van der Waals surface area (Å²) in [5, 5.41) is 2.50. The Bertz CT molecular complexity index is 934. The Labute approximate surface area is 121 Å². The predicted molar refractivity (Wildman–Crippen MR) is 85.1 cm³/mol. The zero-order valence-electron chi connectivity index (χ0n) is 11.4. The first-order chi connectivity index (χ1) is 10.3. The van der Waals surface area contributed by atoms with E-state index in [-0.39, 0.29) is 0 Å². The third kappa shape index (κ3) is 2.10. The average Bonchev–Trinajstić information content (AvgIpc) is 2.89. The zero-order chi connectivity index (χ0) is 14.2. The number of anilines is 1. The number of pyridine rings is 1. The molecule has 0 amide bonds. The smallest absolute Gasteiger partial charge is 0.179 e. The van der Waals surface area contributed by atoms with Crippen LogP contribution in [0.5, 0.6) is 0 Å². The molecule has 0 saturated carbocycles. The number of aromatic nitrogens is 3. The molecule has 0 unspecified atom stereocenters. The summed E-state index contributed by atoms with van der Waals surface area (Å²) in [6.07, 6.45) is 0.748. The van der Waals surface area contributed by atoms with Gasteiger partial charge in [0.2, 0.25) is 0 Å². The summed E-state index contributed by atoms with van der Waals surface area (Å²) in [7, 11) is 0. The fourth-order valence-electron chi connectivity index (χ4n) is 2.67. The Hall–Kier alpha value is -2.88. The van der Waals surface area contributed by atoms with Crippen LogP contribution in [-0.2, 0) is 6.42 Å². The van der Waals surface area contributed by atoms with E-state index in [1.807, 2.05) is 6.07 Å². The van der Waals surface area contributed by atoms with Gasteiger partial charge in [-0.2, -0.15) is 0 Å². The van der Waals surface area contributed by atoms with Crippen molar-refractivity contribution in [1.82, 2.24) is 15.0 Å². The van der Waals surface area contributed by atoms with Crippen molar-refractivity contribution < 1.29 is 0 Å². The summed E-state index contributed by atoms with van der Waals surface area (Å²) < 4.78 is 0. The van der Waals surface area contributed by atoms with E-state index < -0.39 is 0 Å². The molecule has 0 aliphatic carbocycles.